The quantitative estimate of drug-likeness (QED) is 0.503. The van der Waals surface area contributed by atoms with Crippen LogP contribution >= 0.6 is 11.6 Å². The van der Waals surface area contributed by atoms with Crippen LogP contribution in [0.15, 0.2) is 52.3 Å². The topological polar surface area (TPSA) is 123 Å². The number of hydrogen-bond donors (Lipinski definition) is 0. The molecule has 1 saturated heterocycles. The largest absolute Gasteiger partial charge is 0.339 e. The lowest BCUT2D eigenvalue weighted by molar-refractivity contribution is -0.385. The monoisotopic (exact) mass is 440 g/mol. The summed E-state index contributed by atoms with van der Waals surface area (Å²) in [6, 6.07) is 8.04. The van der Waals surface area contributed by atoms with Crippen LogP contribution in [0.4, 0.5) is 5.69 Å². The third-order valence-corrected chi connectivity index (χ3v) is 6.64. The highest BCUT2D eigenvalue weighted by Crippen LogP contribution is 2.21. The molecule has 1 fully saturated rings. The Morgan fingerprint density at radius 2 is 1.83 bits per heavy atom. The van der Waals surface area contributed by atoms with Gasteiger partial charge < -0.3 is 4.90 Å². The minimum Gasteiger partial charge on any atom is -0.339 e. The molecule has 10 nitrogen and oxygen atoms in total. The Labute approximate surface area is 171 Å². The van der Waals surface area contributed by atoms with Crippen molar-refractivity contribution in [3.05, 3.63) is 68.1 Å². The van der Waals surface area contributed by atoms with E-state index >= 15 is 0 Å². The number of benzene rings is 1. The van der Waals surface area contributed by atoms with Crippen molar-refractivity contribution < 1.29 is 18.1 Å². The first-order valence-electron chi connectivity index (χ1n) is 8.57. The fraction of sp³-hybridized carbons (Fsp3) is 0.294. The van der Waals surface area contributed by atoms with Crippen LogP contribution in [0.25, 0.3) is 0 Å². The molecule has 1 aliphatic heterocycles. The molecule has 12 heteroatoms. The van der Waals surface area contributed by atoms with Crippen molar-refractivity contribution in [1.82, 2.24) is 13.8 Å². The number of sulfonamides is 1. The Hall–Kier alpha value is -2.76. The number of amides is 1. The number of nitrogens with zero attached hydrogens (tertiary/aromatic N) is 4. The summed E-state index contributed by atoms with van der Waals surface area (Å²) in [5.41, 5.74) is -0.832. The van der Waals surface area contributed by atoms with E-state index < -0.39 is 26.4 Å². The minimum absolute atomic E-state index is 0.0768. The molecule has 1 amide bonds. The highest BCUT2D eigenvalue weighted by atomic mass is 35.5. The smallest absolute Gasteiger partial charge is 0.285 e. The molecule has 1 aromatic heterocycles. The molecule has 0 spiro atoms. The zero-order chi connectivity index (χ0) is 21.2. The van der Waals surface area contributed by atoms with Gasteiger partial charge in [0.1, 0.15) is 6.54 Å². The van der Waals surface area contributed by atoms with Crippen LogP contribution in [0.1, 0.15) is 0 Å². The minimum atomic E-state index is -3.73. The Balaban J connectivity index is 1.66. The lowest BCUT2D eigenvalue weighted by atomic mass is 10.3. The Morgan fingerprint density at radius 1 is 1.14 bits per heavy atom. The van der Waals surface area contributed by atoms with Crippen molar-refractivity contribution in [2.45, 2.75) is 11.4 Å². The Kier molecular flexibility index (Phi) is 6.01. The summed E-state index contributed by atoms with van der Waals surface area (Å²) in [5, 5.41) is 11.2. The van der Waals surface area contributed by atoms with Crippen molar-refractivity contribution >= 4 is 33.2 Å². The van der Waals surface area contributed by atoms with E-state index in [9.17, 15) is 28.1 Å². The van der Waals surface area contributed by atoms with Crippen LogP contribution in [0.3, 0.4) is 0 Å². The molecule has 1 aliphatic rings. The van der Waals surface area contributed by atoms with Crippen LogP contribution in [0.5, 0.6) is 0 Å². The first kappa shape index (κ1) is 21.0. The van der Waals surface area contributed by atoms with E-state index in [1.165, 1.54) is 21.3 Å². The fourth-order valence-corrected chi connectivity index (χ4v) is 4.67. The summed E-state index contributed by atoms with van der Waals surface area (Å²) < 4.78 is 27.6. The molecule has 29 heavy (non-hydrogen) atoms. The fourth-order valence-electron chi connectivity index (χ4n) is 2.95. The number of hydrogen-bond acceptors (Lipinski definition) is 6. The third-order valence-electron chi connectivity index (χ3n) is 4.51. The van der Waals surface area contributed by atoms with Crippen molar-refractivity contribution in [2.24, 2.45) is 0 Å². The molecule has 0 bridgehead atoms. The molecule has 0 unspecified atom stereocenters. The van der Waals surface area contributed by atoms with E-state index in [1.807, 2.05) is 0 Å². The summed E-state index contributed by atoms with van der Waals surface area (Å²) in [5.74, 6) is -0.424. The number of rotatable bonds is 5. The zero-order valence-electron chi connectivity index (χ0n) is 15.1. The van der Waals surface area contributed by atoms with Crippen LogP contribution in [0.2, 0.25) is 5.02 Å². The number of pyridine rings is 1. The average Bonchev–Trinajstić information content (AvgIpc) is 2.69. The summed E-state index contributed by atoms with van der Waals surface area (Å²) in [6.45, 7) is 0.0982. The van der Waals surface area contributed by atoms with Gasteiger partial charge in [-0.25, -0.2) is 8.42 Å². The number of nitro groups is 1. The molecular formula is C17H17ClN4O6S. The summed E-state index contributed by atoms with van der Waals surface area (Å²) in [7, 11) is -3.73. The van der Waals surface area contributed by atoms with Crippen molar-refractivity contribution in [3.63, 3.8) is 0 Å². The second kappa shape index (κ2) is 8.31. The number of carbonyl (C=O) groups excluding carboxylic acids is 1. The zero-order valence-corrected chi connectivity index (χ0v) is 16.7. The number of carbonyl (C=O) groups is 1. The lowest BCUT2D eigenvalue weighted by Gasteiger charge is -2.34. The van der Waals surface area contributed by atoms with Crippen LogP contribution in [-0.2, 0) is 21.4 Å². The van der Waals surface area contributed by atoms with Crippen molar-refractivity contribution in [3.8, 4) is 0 Å². The van der Waals surface area contributed by atoms with Gasteiger partial charge in [0, 0.05) is 43.3 Å². The molecule has 0 N–H and O–H groups in total. The van der Waals surface area contributed by atoms with E-state index in [0.717, 1.165) is 22.9 Å². The van der Waals surface area contributed by atoms with Crippen molar-refractivity contribution in [1.29, 1.82) is 0 Å². The van der Waals surface area contributed by atoms with Gasteiger partial charge in [0.05, 0.1) is 16.0 Å². The van der Waals surface area contributed by atoms with Gasteiger partial charge in [-0.05, 0) is 18.2 Å². The molecular weight excluding hydrogens is 424 g/mol. The Morgan fingerprint density at radius 3 is 2.45 bits per heavy atom. The predicted molar refractivity (Wildman–Crippen MR) is 104 cm³/mol. The van der Waals surface area contributed by atoms with Gasteiger partial charge in [-0.15, -0.1) is 0 Å². The average molecular weight is 441 g/mol. The molecule has 154 valence electrons. The van der Waals surface area contributed by atoms with Gasteiger partial charge in [0.2, 0.25) is 15.9 Å². The standard InChI is InChI=1S/C17H17ClN4O6S/c18-13-2-1-3-15(10-13)29(27,28)21-8-6-19(7-9-21)17(24)12-20-11-14(22(25)26)4-5-16(20)23/h1-5,10-11H,6-9,12H2. The maximum absolute atomic E-state index is 12.7. The maximum atomic E-state index is 12.7. The van der Waals surface area contributed by atoms with E-state index in [1.54, 1.807) is 12.1 Å². The summed E-state index contributed by atoms with van der Waals surface area (Å²) >= 11 is 5.87. The third kappa shape index (κ3) is 4.63. The van der Waals surface area contributed by atoms with Gasteiger partial charge >= 0.3 is 0 Å². The number of piperazine rings is 1. The Bertz CT molecular complexity index is 1110. The molecule has 0 aliphatic carbocycles. The maximum Gasteiger partial charge on any atom is 0.285 e. The number of aromatic nitrogens is 1. The molecule has 0 radical (unpaired) electrons. The van der Waals surface area contributed by atoms with Crippen molar-refractivity contribution in [2.75, 3.05) is 26.2 Å². The summed E-state index contributed by atoms with van der Waals surface area (Å²) in [4.78, 5) is 36.0. The van der Waals surface area contributed by atoms with Crippen LogP contribution < -0.4 is 5.56 Å². The first-order chi connectivity index (χ1) is 13.7. The number of halogens is 1. The van der Waals surface area contributed by atoms with Crippen LogP contribution in [-0.4, -0.2) is 59.2 Å². The van der Waals surface area contributed by atoms with Crippen LogP contribution in [0, 0.1) is 10.1 Å². The first-order valence-corrected chi connectivity index (χ1v) is 10.4. The molecule has 0 atom stereocenters. The molecule has 0 saturated carbocycles. The van der Waals surface area contributed by atoms with Gasteiger partial charge in [-0.1, -0.05) is 17.7 Å². The molecule has 2 aromatic rings. The van der Waals surface area contributed by atoms with E-state index in [0.29, 0.717) is 5.02 Å². The molecule has 2 heterocycles. The van der Waals surface area contributed by atoms with Gasteiger partial charge in [0.25, 0.3) is 11.2 Å². The SMILES string of the molecule is O=C(Cn1cc([N+](=O)[O-])ccc1=O)N1CCN(S(=O)(=O)c2cccc(Cl)c2)CC1. The molecule has 1 aromatic carbocycles. The second-order valence-corrected chi connectivity index (χ2v) is 8.73. The summed E-state index contributed by atoms with van der Waals surface area (Å²) in [6.07, 6.45) is 1.01. The highest BCUT2D eigenvalue weighted by molar-refractivity contribution is 7.89. The van der Waals surface area contributed by atoms with Gasteiger partial charge in [-0.3, -0.25) is 24.3 Å². The van der Waals surface area contributed by atoms with E-state index in [-0.39, 0.29) is 43.3 Å². The normalized spacial score (nSPS) is 15.3. The van der Waals surface area contributed by atoms with E-state index in [4.69, 9.17) is 11.6 Å². The van der Waals surface area contributed by atoms with Gasteiger partial charge in [-0.2, -0.15) is 4.31 Å². The second-order valence-electron chi connectivity index (χ2n) is 6.35. The van der Waals surface area contributed by atoms with Gasteiger partial charge in [0.15, 0.2) is 0 Å². The van der Waals surface area contributed by atoms with E-state index in [2.05, 4.69) is 0 Å². The molecule has 3 rings (SSSR count). The highest BCUT2D eigenvalue weighted by Gasteiger charge is 2.30. The lowest BCUT2D eigenvalue weighted by Crippen LogP contribution is -2.51. The predicted octanol–water partition coefficient (Wildman–Crippen LogP) is 0.943.